The summed E-state index contributed by atoms with van der Waals surface area (Å²) in [5, 5.41) is 24.6. The van der Waals surface area contributed by atoms with E-state index in [0.29, 0.717) is 29.7 Å². The van der Waals surface area contributed by atoms with Crippen LogP contribution in [0.25, 0.3) is 10.9 Å². The van der Waals surface area contributed by atoms with Crippen LogP contribution in [0.3, 0.4) is 0 Å². The van der Waals surface area contributed by atoms with Crippen molar-refractivity contribution in [1.82, 2.24) is 4.57 Å². The number of allylic oxidation sites excluding steroid dienone is 3. The number of carboxylic acid groups (broad SMARTS) is 1. The highest BCUT2D eigenvalue weighted by Gasteiger charge is 2.25. The van der Waals surface area contributed by atoms with E-state index in [9.17, 15) is 9.59 Å². The van der Waals surface area contributed by atoms with E-state index < -0.39 is 18.5 Å². The molecule has 0 fully saturated rings. The Morgan fingerprint density at radius 2 is 1.90 bits per heavy atom. The first kappa shape index (κ1) is 27.4. The van der Waals surface area contributed by atoms with Crippen LogP contribution in [-0.2, 0) is 22.6 Å². The van der Waals surface area contributed by atoms with Gasteiger partial charge in [0.15, 0.2) is 6.61 Å². The topological polar surface area (TPSA) is 139 Å². The maximum atomic E-state index is 11.7. The zero-order valence-corrected chi connectivity index (χ0v) is 18.3. The minimum absolute atomic E-state index is 0.293. The van der Waals surface area contributed by atoms with Crippen molar-refractivity contribution < 1.29 is 24.5 Å². The van der Waals surface area contributed by atoms with Gasteiger partial charge in [-0.3, -0.25) is 10.2 Å². The monoisotopic (exact) mass is 429 g/mol. The second-order valence-electron chi connectivity index (χ2n) is 5.99. The third-order valence-corrected chi connectivity index (χ3v) is 4.11. The van der Waals surface area contributed by atoms with Crippen molar-refractivity contribution in [3.8, 4) is 5.75 Å². The summed E-state index contributed by atoms with van der Waals surface area (Å²) in [6.45, 7) is 13.8. The Bertz CT molecular complexity index is 973. The molecule has 0 aliphatic carbocycles. The zero-order chi connectivity index (χ0) is 24.1. The molecule has 0 unspecified atom stereocenters. The molecule has 8 nitrogen and oxygen atoms in total. The number of hydrogen-bond acceptors (Lipinski definition) is 5. The van der Waals surface area contributed by atoms with Gasteiger partial charge in [-0.15, -0.1) is 13.2 Å². The molecule has 1 heterocycles. The van der Waals surface area contributed by atoms with Crippen LogP contribution in [0.1, 0.15) is 25.1 Å². The van der Waals surface area contributed by atoms with Gasteiger partial charge in [0, 0.05) is 24.9 Å². The summed E-state index contributed by atoms with van der Waals surface area (Å²) in [5.41, 5.74) is 7.72. The van der Waals surface area contributed by atoms with Crippen molar-refractivity contribution in [3.63, 3.8) is 0 Å². The number of aliphatic hydroxyl groups is 1. The third-order valence-electron chi connectivity index (χ3n) is 4.11. The molecule has 0 aliphatic rings. The SMILES string of the molecule is C=C.C=C(/C=C\C)Cn1c(CC)c(C(=N)C(N)=O)c2c(OCC(=O)O)cccc21.CO. The highest BCUT2D eigenvalue weighted by molar-refractivity contribution is 6.46. The lowest BCUT2D eigenvalue weighted by molar-refractivity contribution is -0.139. The van der Waals surface area contributed by atoms with Crippen LogP contribution in [0.5, 0.6) is 5.75 Å². The number of rotatable bonds is 9. The average molecular weight is 430 g/mol. The van der Waals surface area contributed by atoms with Gasteiger partial charge in [0.05, 0.1) is 10.9 Å². The molecule has 0 saturated heterocycles. The number of primary amides is 1. The first-order valence-corrected chi connectivity index (χ1v) is 9.44. The number of carboxylic acids is 1. The number of benzene rings is 1. The molecule has 0 aliphatic heterocycles. The second-order valence-corrected chi connectivity index (χ2v) is 5.99. The van der Waals surface area contributed by atoms with Gasteiger partial charge in [0.2, 0.25) is 0 Å². The third kappa shape index (κ3) is 6.68. The molecule has 8 heteroatoms. The molecular formula is C23H31N3O5. The highest BCUT2D eigenvalue weighted by Crippen LogP contribution is 2.35. The van der Waals surface area contributed by atoms with Gasteiger partial charge in [0.25, 0.3) is 5.91 Å². The summed E-state index contributed by atoms with van der Waals surface area (Å²) in [6.07, 6.45) is 4.31. The molecule has 168 valence electrons. The quantitative estimate of drug-likeness (QED) is 0.276. The van der Waals surface area contributed by atoms with Gasteiger partial charge in [-0.1, -0.05) is 31.7 Å². The van der Waals surface area contributed by atoms with Gasteiger partial charge < -0.3 is 25.3 Å². The predicted octanol–water partition coefficient (Wildman–Crippen LogP) is 3.06. The van der Waals surface area contributed by atoms with Gasteiger partial charge in [-0.25, -0.2) is 4.79 Å². The van der Waals surface area contributed by atoms with E-state index in [1.54, 1.807) is 12.1 Å². The van der Waals surface area contributed by atoms with Gasteiger partial charge in [-0.2, -0.15) is 0 Å². The average Bonchev–Trinajstić information content (AvgIpc) is 3.08. The summed E-state index contributed by atoms with van der Waals surface area (Å²) in [5.74, 6) is -1.68. The molecule has 1 aromatic heterocycles. The van der Waals surface area contributed by atoms with Crippen LogP contribution in [0.15, 0.2) is 55.7 Å². The number of nitrogens with one attached hydrogen (secondary N) is 1. The van der Waals surface area contributed by atoms with Gasteiger partial charge in [0.1, 0.15) is 11.5 Å². The lowest BCUT2D eigenvalue weighted by Gasteiger charge is -2.11. The van der Waals surface area contributed by atoms with E-state index in [2.05, 4.69) is 19.7 Å². The fourth-order valence-corrected chi connectivity index (χ4v) is 3.11. The number of carbonyl (C=O) groups is 2. The van der Waals surface area contributed by atoms with Gasteiger partial charge in [-0.05, 0) is 31.1 Å². The fourth-order valence-electron chi connectivity index (χ4n) is 3.11. The normalized spacial score (nSPS) is 9.94. The lowest BCUT2D eigenvalue weighted by atomic mass is 10.0. The van der Waals surface area contributed by atoms with Crippen LogP contribution in [0.4, 0.5) is 0 Å². The number of carbonyl (C=O) groups excluding carboxylic acids is 1. The number of nitrogens with zero attached hydrogens (tertiary/aromatic N) is 1. The predicted molar refractivity (Wildman–Crippen MR) is 124 cm³/mol. The molecule has 0 atom stereocenters. The number of hydrogen-bond donors (Lipinski definition) is 4. The Labute approximate surface area is 182 Å². The molecule has 1 amide bonds. The van der Waals surface area contributed by atoms with Crippen LogP contribution in [0, 0.1) is 5.41 Å². The van der Waals surface area contributed by atoms with E-state index in [0.717, 1.165) is 23.9 Å². The Hall–Kier alpha value is -3.65. The maximum absolute atomic E-state index is 11.7. The molecule has 2 aromatic rings. The molecular weight excluding hydrogens is 398 g/mol. The largest absolute Gasteiger partial charge is 0.481 e. The number of amides is 1. The van der Waals surface area contributed by atoms with Crippen molar-refractivity contribution in [2.45, 2.75) is 26.8 Å². The van der Waals surface area contributed by atoms with Crippen molar-refractivity contribution >= 4 is 28.5 Å². The summed E-state index contributed by atoms with van der Waals surface area (Å²) in [4.78, 5) is 22.7. The minimum Gasteiger partial charge on any atom is -0.481 e. The van der Waals surface area contributed by atoms with Crippen LogP contribution in [-0.4, -0.2) is 46.1 Å². The van der Waals surface area contributed by atoms with Crippen molar-refractivity contribution in [2.75, 3.05) is 13.7 Å². The Kier molecular flexibility index (Phi) is 12.0. The van der Waals surface area contributed by atoms with Crippen LogP contribution >= 0.6 is 0 Å². The molecule has 0 radical (unpaired) electrons. The fraction of sp³-hybridized carbons (Fsp3) is 0.261. The Morgan fingerprint density at radius 3 is 2.39 bits per heavy atom. The molecule has 0 spiro atoms. The van der Waals surface area contributed by atoms with E-state index in [1.165, 1.54) is 0 Å². The summed E-state index contributed by atoms with van der Waals surface area (Å²) < 4.78 is 7.37. The highest BCUT2D eigenvalue weighted by atomic mass is 16.5. The summed E-state index contributed by atoms with van der Waals surface area (Å²) in [6, 6.07) is 5.20. The van der Waals surface area contributed by atoms with Crippen molar-refractivity contribution in [1.29, 1.82) is 5.41 Å². The molecule has 2 rings (SSSR count). The van der Waals surface area contributed by atoms with E-state index >= 15 is 0 Å². The lowest BCUT2D eigenvalue weighted by Crippen LogP contribution is -2.24. The van der Waals surface area contributed by atoms with E-state index in [-0.39, 0.29) is 5.71 Å². The number of aliphatic hydroxyl groups excluding tert-OH is 1. The summed E-state index contributed by atoms with van der Waals surface area (Å²) in [7, 11) is 1.00. The molecule has 31 heavy (non-hydrogen) atoms. The molecule has 0 bridgehead atoms. The first-order chi connectivity index (χ1) is 14.8. The van der Waals surface area contributed by atoms with Crippen molar-refractivity contribution in [3.05, 3.63) is 66.9 Å². The molecule has 0 saturated carbocycles. The number of ether oxygens (including phenoxy) is 1. The van der Waals surface area contributed by atoms with Crippen molar-refractivity contribution in [2.24, 2.45) is 5.73 Å². The molecule has 1 aromatic carbocycles. The zero-order valence-electron chi connectivity index (χ0n) is 18.3. The first-order valence-electron chi connectivity index (χ1n) is 9.44. The minimum atomic E-state index is -1.12. The van der Waals surface area contributed by atoms with E-state index in [1.807, 2.05) is 36.6 Å². The number of fused-ring (bicyclic) bond motifs is 1. The summed E-state index contributed by atoms with van der Waals surface area (Å²) >= 11 is 0. The maximum Gasteiger partial charge on any atom is 0.341 e. The van der Waals surface area contributed by atoms with E-state index in [4.69, 9.17) is 26.1 Å². The standard InChI is InChI=1S/C20H23N3O4.C2H4.CH4O/c1-4-7-12(3)10-23-13(5-2)18(19(21)20(22)26)17-14(23)8-6-9-15(17)27-11-16(24)25;2*1-2/h4,6-9,21H,3,5,10-11H2,1-2H3,(H2,22,26)(H,24,25);1-2H2;2H,1H3/b7-4-,21-19?;;. The number of aromatic nitrogens is 1. The number of aliphatic carboxylic acids is 1. The number of nitrogens with two attached hydrogens (primary N) is 1. The Morgan fingerprint density at radius 1 is 1.29 bits per heavy atom. The Balaban J connectivity index is 0.00000212. The van der Waals surface area contributed by atoms with Crippen LogP contribution in [0.2, 0.25) is 0 Å². The molecule has 5 N–H and O–H groups in total. The smallest absolute Gasteiger partial charge is 0.341 e. The van der Waals surface area contributed by atoms with Gasteiger partial charge >= 0.3 is 5.97 Å². The van der Waals surface area contributed by atoms with Crippen LogP contribution < -0.4 is 10.5 Å². The second kappa shape index (κ2) is 13.6.